The van der Waals surface area contributed by atoms with E-state index in [4.69, 9.17) is 0 Å². The molecule has 0 fully saturated rings. The Morgan fingerprint density at radius 2 is 1.95 bits per heavy atom. The standard InChI is InChI=1S/C28H29FN8/c1-37(2)8-7-32-20-10-18(9-19(29)11-20)23-14-31-15-26-21(23)12-25(34-26)28-22-13-24(17-3-5-30-6-4-17)33-16-27(22)35-36-28/h3,9-16,30,32,34H,4-8H2,1-2H3,(H,35,36). The third kappa shape index (κ3) is 4.71. The summed E-state index contributed by atoms with van der Waals surface area (Å²) in [7, 11) is 4.03. The van der Waals surface area contributed by atoms with E-state index in [0.29, 0.717) is 0 Å². The number of benzene rings is 1. The number of hydrogen-bond acceptors (Lipinski definition) is 6. The second kappa shape index (κ2) is 9.76. The summed E-state index contributed by atoms with van der Waals surface area (Å²) in [4.78, 5) is 14.6. The maximum absolute atomic E-state index is 14.6. The van der Waals surface area contributed by atoms with E-state index >= 15 is 0 Å². The molecular formula is C28H29FN8. The molecule has 4 aromatic heterocycles. The van der Waals surface area contributed by atoms with Crippen molar-refractivity contribution >= 4 is 33.1 Å². The Bertz CT molecular complexity index is 1610. The van der Waals surface area contributed by atoms with Crippen molar-refractivity contribution < 1.29 is 4.39 Å². The fourth-order valence-electron chi connectivity index (χ4n) is 4.83. The Labute approximate surface area is 214 Å². The third-order valence-corrected chi connectivity index (χ3v) is 6.74. The maximum atomic E-state index is 14.6. The van der Waals surface area contributed by atoms with Gasteiger partial charge in [0, 0.05) is 47.9 Å². The van der Waals surface area contributed by atoms with Gasteiger partial charge in [-0.3, -0.25) is 15.1 Å². The van der Waals surface area contributed by atoms with Crippen molar-refractivity contribution in [3.63, 3.8) is 0 Å². The topological polar surface area (TPSA) is 97.5 Å². The minimum Gasteiger partial charge on any atom is -0.384 e. The first-order valence-electron chi connectivity index (χ1n) is 12.5. The van der Waals surface area contributed by atoms with E-state index in [0.717, 1.165) is 88.3 Å². The highest BCUT2D eigenvalue weighted by atomic mass is 19.1. The van der Waals surface area contributed by atoms with E-state index in [-0.39, 0.29) is 5.82 Å². The first-order valence-corrected chi connectivity index (χ1v) is 12.5. The van der Waals surface area contributed by atoms with Gasteiger partial charge >= 0.3 is 0 Å². The van der Waals surface area contributed by atoms with E-state index in [1.807, 2.05) is 26.4 Å². The Morgan fingerprint density at radius 1 is 1.03 bits per heavy atom. The van der Waals surface area contributed by atoms with Crippen LogP contribution in [-0.2, 0) is 0 Å². The van der Waals surface area contributed by atoms with Gasteiger partial charge in [-0.05, 0) is 68.5 Å². The summed E-state index contributed by atoms with van der Waals surface area (Å²) in [6.07, 6.45) is 8.57. The maximum Gasteiger partial charge on any atom is 0.125 e. The number of likely N-dealkylation sites (N-methyl/N-ethyl adjacent to an activating group) is 1. The lowest BCUT2D eigenvalue weighted by molar-refractivity contribution is 0.425. The molecule has 0 saturated carbocycles. The average Bonchev–Trinajstić information content (AvgIpc) is 3.52. The van der Waals surface area contributed by atoms with Crippen LogP contribution in [0.4, 0.5) is 10.1 Å². The number of nitrogens with zero attached hydrogens (tertiary/aromatic N) is 4. The molecule has 1 aromatic carbocycles. The van der Waals surface area contributed by atoms with Crippen LogP contribution in [0.15, 0.2) is 55.0 Å². The van der Waals surface area contributed by atoms with Crippen molar-refractivity contribution in [2.24, 2.45) is 0 Å². The predicted molar refractivity (Wildman–Crippen MR) is 147 cm³/mol. The molecule has 4 N–H and O–H groups in total. The van der Waals surface area contributed by atoms with Gasteiger partial charge in [0.05, 0.1) is 34.8 Å². The Hall–Kier alpha value is -4.08. The molecule has 5 heterocycles. The molecule has 9 heteroatoms. The number of rotatable bonds is 7. The van der Waals surface area contributed by atoms with Crippen LogP contribution < -0.4 is 10.6 Å². The summed E-state index contributed by atoms with van der Waals surface area (Å²) >= 11 is 0. The SMILES string of the molecule is CN(C)CCNc1cc(F)cc(-c2cncc3[nH]c(-c4n[nH]c5cnc(C6=CCNCC6)cc45)cc23)c1. The number of hydrogen-bond donors (Lipinski definition) is 4. The van der Waals surface area contributed by atoms with Gasteiger partial charge < -0.3 is 20.5 Å². The molecule has 0 spiro atoms. The van der Waals surface area contributed by atoms with Crippen LogP contribution in [0.2, 0.25) is 0 Å². The van der Waals surface area contributed by atoms with Gasteiger partial charge in [-0.2, -0.15) is 5.10 Å². The van der Waals surface area contributed by atoms with Gasteiger partial charge in [-0.15, -0.1) is 0 Å². The van der Waals surface area contributed by atoms with Crippen molar-refractivity contribution in [2.75, 3.05) is 45.6 Å². The van der Waals surface area contributed by atoms with Crippen LogP contribution >= 0.6 is 0 Å². The molecule has 1 aliphatic rings. The van der Waals surface area contributed by atoms with Crippen LogP contribution in [0.25, 0.3) is 49.9 Å². The quantitative estimate of drug-likeness (QED) is 0.262. The predicted octanol–water partition coefficient (Wildman–Crippen LogP) is 4.66. The lowest BCUT2D eigenvalue weighted by atomic mass is 10.0. The normalized spacial score (nSPS) is 14.0. The lowest BCUT2D eigenvalue weighted by Gasteiger charge is -2.13. The van der Waals surface area contributed by atoms with Crippen LogP contribution in [0, 0.1) is 5.82 Å². The minimum atomic E-state index is -0.289. The summed E-state index contributed by atoms with van der Waals surface area (Å²) in [5.41, 5.74) is 8.03. The van der Waals surface area contributed by atoms with Crippen LogP contribution in [0.3, 0.4) is 0 Å². The zero-order chi connectivity index (χ0) is 25.4. The van der Waals surface area contributed by atoms with Gasteiger partial charge in [0.1, 0.15) is 11.5 Å². The lowest BCUT2D eigenvalue weighted by Crippen LogP contribution is -2.20. The Kier molecular flexibility index (Phi) is 6.15. The van der Waals surface area contributed by atoms with Crippen LogP contribution in [0.1, 0.15) is 12.1 Å². The third-order valence-electron chi connectivity index (χ3n) is 6.74. The largest absolute Gasteiger partial charge is 0.384 e. The number of aromatic nitrogens is 5. The number of nitrogens with one attached hydrogen (secondary N) is 4. The molecule has 0 amide bonds. The van der Waals surface area contributed by atoms with Gasteiger partial charge in [-0.1, -0.05) is 6.08 Å². The van der Waals surface area contributed by atoms with Crippen molar-refractivity contribution in [3.8, 4) is 22.5 Å². The summed E-state index contributed by atoms with van der Waals surface area (Å²) in [6, 6.07) is 9.21. The Balaban J connectivity index is 1.39. The molecule has 8 nitrogen and oxygen atoms in total. The molecule has 0 unspecified atom stereocenters. The molecule has 0 radical (unpaired) electrons. The fraction of sp³-hybridized carbons (Fsp3) is 0.250. The first kappa shape index (κ1) is 23.3. The molecule has 188 valence electrons. The van der Waals surface area contributed by atoms with Crippen molar-refractivity contribution in [3.05, 3.63) is 66.5 Å². The second-order valence-electron chi connectivity index (χ2n) is 9.66. The zero-order valence-electron chi connectivity index (χ0n) is 20.9. The number of aromatic amines is 2. The van der Waals surface area contributed by atoms with E-state index in [2.05, 4.69) is 58.9 Å². The molecule has 0 saturated heterocycles. The smallest absolute Gasteiger partial charge is 0.125 e. The molecular weight excluding hydrogens is 467 g/mol. The van der Waals surface area contributed by atoms with Gasteiger partial charge in [0.25, 0.3) is 0 Å². The molecule has 0 bridgehead atoms. The summed E-state index contributed by atoms with van der Waals surface area (Å²) in [6.45, 7) is 3.39. The summed E-state index contributed by atoms with van der Waals surface area (Å²) in [5.74, 6) is -0.289. The molecule has 0 aliphatic carbocycles. The van der Waals surface area contributed by atoms with Crippen LogP contribution in [-0.4, -0.2) is 70.3 Å². The molecule has 0 atom stereocenters. The van der Waals surface area contributed by atoms with Gasteiger partial charge in [-0.25, -0.2) is 4.39 Å². The van der Waals surface area contributed by atoms with Gasteiger partial charge in [0.2, 0.25) is 0 Å². The molecule has 6 rings (SSSR count). The van der Waals surface area contributed by atoms with E-state index in [1.165, 1.54) is 11.6 Å². The fourth-order valence-corrected chi connectivity index (χ4v) is 4.83. The Morgan fingerprint density at radius 3 is 2.78 bits per heavy atom. The zero-order valence-corrected chi connectivity index (χ0v) is 20.9. The number of fused-ring (bicyclic) bond motifs is 2. The number of H-pyrrole nitrogens is 2. The minimum absolute atomic E-state index is 0.289. The highest BCUT2D eigenvalue weighted by Crippen LogP contribution is 2.35. The highest BCUT2D eigenvalue weighted by Gasteiger charge is 2.16. The average molecular weight is 497 g/mol. The van der Waals surface area contributed by atoms with Crippen molar-refractivity contribution in [1.82, 2.24) is 35.4 Å². The van der Waals surface area contributed by atoms with Crippen molar-refractivity contribution in [1.29, 1.82) is 0 Å². The number of anilines is 1. The molecule has 37 heavy (non-hydrogen) atoms. The summed E-state index contributed by atoms with van der Waals surface area (Å²) in [5, 5.41) is 16.3. The number of pyridine rings is 2. The van der Waals surface area contributed by atoms with E-state index in [1.54, 1.807) is 18.5 Å². The summed E-state index contributed by atoms with van der Waals surface area (Å²) < 4.78 is 14.6. The van der Waals surface area contributed by atoms with E-state index < -0.39 is 0 Å². The monoisotopic (exact) mass is 496 g/mol. The van der Waals surface area contributed by atoms with Crippen LogP contribution in [0.5, 0.6) is 0 Å². The van der Waals surface area contributed by atoms with Gasteiger partial charge in [0.15, 0.2) is 0 Å². The van der Waals surface area contributed by atoms with Crippen molar-refractivity contribution in [2.45, 2.75) is 6.42 Å². The second-order valence-corrected chi connectivity index (χ2v) is 9.66. The highest BCUT2D eigenvalue weighted by molar-refractivity contribution is 6.01. The molecule has 1 aliphatic heterocycles. The number of halogens is 1. The first-order chi connectivity index (χ1) is 18.0. The van der Waals surface area contributed by atoms with E-state index in [9.17, 15) is 4.39 Å². The molecule has 5 aromatic rings.